The predicted octanol–water partition coefficient (Wildman–Crippen LogP) is 1.56. The highest BCUT2D eigenvalue weighted by Crippen LogP contribution is 2.44. The zero-order valence-electron chi connectivity index (χ0n) is 11.9. The normalized spacial score (nSPS) is 45.2. The summed E-state index contributed by atoms with van der Waals surface area (Å²) in [5.41, 5.74) is 0. The highest BCUT2D eigenvalue weighted by atomic mass is 16.3. The maximum atomic E-state index is 9.57. The van der Waals surface area contributed by atoms with Crippen molar-refractivity contribution >= 4 is 0 Å². The van der Waals surface area contributed by atoms with Crippen LogP contribution >= 0.6 is 0 Å². The lowest BCUT2D eigenvalue weighted by Gasteiger charge is -2.49. The predicted molar refractivity (Wildman–Crippen MR) is 73.5 cm³/mol. The number of piperidine rings is 3. The summed E-state index contributed by atoms with van der Waals surface area (Å²) in [6.45, 7) is 9.37. The molecule has 0 aromatic rings. The molecule has 18 heavy (non-hydrogen) atoms. The highest BCUT2D eigenvalue weighted by molar-refractivity contribution is 5.06. The van der Waals surface area contributed by atoms with Crippen molar-refractivity contribution in [1.82, 2.24) is 9.80 Å². The first kappa shape index (κ1) is 12.9. The Morgan fingerprint density at radius 1 is 1.28 bits per heavy atom. The Labute approximate surface area is 111 Å². The molecule has 0 aliphatic carbocycles. The van der Waals surface area contributed by atoms with Crippen LogP contribution in [0.15, 0.2) is 0 Å². The molecule has 4 atom stereocenters. The van der Waals surface area contributed by atoms with Crippen molar-refractivity contribution in [3.05, 3.63) is 0 Å². The van der Waals surface area contributed by atoms with E-state index in [1.54, 1.807) is 0 Å². The third-order valence-electron chi connectivity index (χ3n) is 5.63. The van der Waals surface area contributed by atoms with Crippen molar-refractivity contribution in [3.8, 4) is 0 Å². The van der Waals surface area contributed by atoms with Gasteiger partial charge >= 0.3 is 0 Å². The molecule has 4 unspecified atom stereocenters. The van der Waals surface area contributed by atoms with Gasteiger partial charge in [0.1, 0.15) is 0 Å². The van der Waals surface area contributed by atoms with Gasteiger partial charge in [-0.2, -0.15) is 0 Å². The van der Waals surface area contributed by atoms with E-state index in [-0.39, 0.29) is 6.10 Å². The molecule has 4 heterocycles. The Morgan fingerprint density at radius 3 is 2.61 bits per heavy atom. The van der Waals surface area contributed by atoms with Gasteiger partial charge in [-0.3, -0.25) is 9.80 Å². The molecule has 0 spiro atoms. The van der Waals surface area contributed by atoms with E-state index in [0.717, 1.165) is 24.3 Å². The molecule has 4 fully saturated rings. The van der Waals surface area contributed by atoms with Crippen LogP contribution in [0.1, 0.15) is 39.5 Å². The van der Waals surface area contributed by atoms with Crippen molar-refractivity contribution in [1.29, 1.82) is 0 Å². The van der Waals surface area contributed by atoms with Crippen molar-refractivity contribution in [2.45, 2.75) is 57.7 Å². The molecule has 1 N–H and O–H groups in total. The van der Waals surface area contributed by atoms with Crippen LogP contribution in [0, 0.1) is 11.8 Å². The summed E-state index contributed by atoms with van der Waals surface area (Å²) in [7, 11) is 0. The van der Waals surface area contributed by atoms with Crippen molar-refractivity contribution < 1.29 is 5.11 Å². The SMILES string of the molecule is CCN1CC2C3CCN(CC3)C2C1CCC(C)O. The third-order valence-corrected chi connectivity index (χ3v) is 5.63. The quantitative estimate of drug-likeness (QED) is 0.822. The van der Waals surface area contributed by atoms with Gasteiger partial charge in [-0.05, 0) is 64.1 Å². The number of nitrogens with zero attached hydrogens (tertiary/aromatic N) is 2. The van der Waals surface area contributed by atoms with Crippen molar-refractivity contribution in [2.24, 2.45) is 11.8 Å². The molecule has 0 amide bonds. The maximum Gasteiger partial charge on any atom is 0.0512 e. The van der Waals surface area contributed by atoms with Gasteiger partial charge in [-0.25, -0.2) is 0 Å². The van der Waals surface area contributed by atoms with E-state index in [1.165, 1.54) is 45.4 Å². The van der Waals surface area contributed by atoms with Crippen LogP contribution in [0.3, 0.4) is 0 Å². The monoisotopic (exact) mass is 252 g/mol. The second kappa shape index (κ2) is 5.10. The Balaban J connectivity index is 1.73. The fraction of sp³-hybridized carbons (Fsp3) is 1.00. The minimum atomic E-state index is -0.140. The molecule has 4 saturated heterocycles. The van der Waals surface area contributed by atoms with Crippen LogP contribution in [0.4, 0.5) is 0 Å². The van der Waals surface area contributed by atoms with Crippen LogP contribution in [0.25, 0.3) is 0 Å². The lowest BCUT2D eigenvalue weighted by Crippen LogP contribution is -2.57. The molecular formula is C15H28N2O. The van der Waals surface area contributed by atoms with Crippen LogP contribution < -0.4 is 0 Å². The first-order valence-electron chi connectivity index (χ1n) is 7.87. The molecule has 4 rings (SSSR count). The Morgan fingerprint density at radius 2 is 2.00 bits per heavy atom. The van der Waals surface area contributed by atoms with E-state index < -0.39 is 0 Å². The lowest BCUT2D eigenvalue weighted by molar-refractivity contribution is 0.000571. The highest BCUT2D eigenvalue weighted by Gasteiger charge is 2.51. The summed E-state index contributed by atoms with van der Waals surface area (Å²) in [5, 5.41) is 9.57. The molecule has 0 aromatic carbocycles. The lowest BCUT2D eigenvalue weighted by atomic mass is 9.73. The molecule has 2 bridgehead atoms. The second-order valence-corrected chi connectivity index (χ2v) is 6.61. The number of hydrogen-bond acceptors (Lipinski definition) is 3. The summed E-state index contributed by atoms with van der Waals surface area (Å²) in [6.07, 6.45) is 4.86. The molecule has 3 nitrogen and oxygen atoms in total. The summed E-state index contributed by atoms with van der Waals surface area (Å²) >= 11 is 0. The van der Waals surface area contributed by atoms with Gasteiger partial charge in [0.05, 0.1) is 6.10 Å². The zero-order chi connectivity index (χ0) is 12.7. The minimum Gasteiger partial charge on any atom is -0.393 e. The van der Waals surface area contributed by atoms with E-state index in [9.17, 15) is 5.11 Å². The number of rotatable bonds is 4. The fourth-order valence-corrected chi connectivity index (χ4v) is 4.73. The number of aliphatic hydroxyl groups excluding tert-OH is 1. The Bertz CT molecular complexity index is 286. The smallest absolute Gasteiger partial charge is 0.0512 e. The Kier molecular flexibility index (Phi) is 3.65. The average Bonchev–Trinajstić information content (AvgIpc) is 2.78. The van der Waals surface area contributed by atoms with E-state index in [2.05, 4.69) is 16.7 Å². The van der Waals surface area contributed by atoms with Gasteiger partial charge in [0, 0.05) is 18.6 Å². The van der Waals surface area contributed by atoms with Crippen LogP contribution in [0.5, 0.6) is 0 Å². The first-order valence-corrected chi connectivity index (χ1v) is 7.87. The molecular weight excluding hydrogens is 224 g/mol. The fourth-order valence-electron chi connectivity index (χ4n) is 4.73. The summed E-state index contributed by atoms with van der Waals surface area (Å²) in [6, 6.07) is 1.51. The van der Waals surface area contributed by atoms with E-state index in [1.807, 2.05) is 6.92 Å². The van der Waals surface area contributed by atoms with Crippen LogP contribution in [0.2, 0.25) is 0 Å². The zero-order valence-corrected chi connectivity index (χ0v) is 11.9. The Hall–Kier alpha value is -0.120. The maximum absolute atomic E-state index is 9.57. The summed E-state index contributed by atoms with van der Waals surface area (Å²) in [5.74, 6) is 1.91. The summed E-state index contributed by atoms with van der Waals surface area (Å²) in [4.78, 5) is 5.45. The van der Waals surface area contributed by atoms with E-state index in [4.69, 9.17) is 0 Å². The number of likely N-dealkylation sites (tertiary alicyclic amines) is 1. The molecule has 4 aliphatic heterocycles. The number of fused-ring (bicyclic) bond motifs is 2. The molecule has 104 valence electrons. The molecule has 0 aromatic heterocycles. The number of hydrogen-bond donors (Lipinski definition) is 1. The third kappa shape index (κ3) is 2.10. The van der Waals surface area contributed by atoms with Gasteiger partial charge in [-0.15, -0.1) is 0 Å². The molecule has 3 heteroatoms. The van der Waals surface area contributed by atoms with Crippen LogP contribution in [-0.4, -0.2) is 59.3 Å². The molecule has 0 saturated carbocycles. The first-order chi connectivity index (χ1) is 8.70. The summed E-state index contributed by atoms with van der Waals surface area (Å²) < 4.78 is 0. The standard InChI is InChI=1S/C15H28N2O/c1-3-16-10-13-12-6-8-17(9-7-12)15(13)14(16)5-4-11(2)18/h11-15,18H,3-10H2,1-2H3. The van der Waals surface area contributed by atoms with Gasteiger partial charge in [0.25, 0.3) is 0 Å². The van der Waals surface area contributed by atoms with Gasteiger partial charge < -0.3 is 5.11 Å². The van der Waals surface area contributed by atoms with Crippen LogP contribution in [-0.2, 0) is 0 Å². The number of likely N-dealkylation sites (N-methyl/N-ethyl adjacent to an activating group) is 1. The largest absolute Gasteiger partial charge is 0.393 e. The van der Waals surface area contributed by atoms with Gasteiger partial charge in [0.15, 0.2) is 0 Å². The van der Waals surface area contributed by atoms with Crippen molar-refractivity contribution in [2.75, 3.05) is 26.2 Å². The van der Waals surface area contributed by atoms with Gasteiger partial charge in [0.2, 0.25) is 0 Å². The topological polar surface area (TPSA) is 26.7 Å². The van der Waals surface area contributed by atoms with E-state index in [0.29, 0.717) is 6.04 Å². The van der Waals surface area contributed by atoms with Crippen molar-refractivity contribution in [3.63, 3.8) is 0 Å². The van der Waals surface area contributed by atoms with E-state index >= 15 is 0 Å². The second-order valence-electron chi connectivity index (χ2n) is 6.61. The average molecular weight is 252 g/mol. The molecule has 4 aliphatic rings. The minimum absolute atomic E-state index is 0.140. The number of aliphatic hydroxyl groups is 1. The molecule has 0 radical (unpaired) electrons. The van der Waals surface area contributed by atoms with Gasteiger partial charge in [-0.1, -0.05) is 6.92 Å².